The fourth-order valence-corrected chi connectivity index (χ4v) is 6.80. The number of likely N-dealkylation sites (N-methyl/N-ethyl adjacent to an activating group) is 1. The first-order valence-electron chi connectivity index (χ1n) is 14.7. The third-order valence-corrected chi connectivity index (χ3v) is 9.74. The van der Waals surface area contributed by atoms with Gasteiger partial charge in [-0.15, -0.1) is 0 Å². The summed E-state index contributed by atoms with van der Waals surface area (Å²) < 4.78 is 89.2. The molecular formula is C33H26F6N6O3S2. The van der Waals surface area contributed by atoms with Gasteiger partial charge in [0, 0.05) is 40.7 Å². The summed E-state index contributed by atoms with van der Waals surface area (Å²) in [5, 5.41) is 36.1. The molecule has 0 bridgehead atoms. The van der Waals surface area contributed by atoms with Crippen molar-refractivity contribution >= 4 is 57.6 Å². The Kier molecular flexibility index (Phi) is 11.0. The number of benzene rings is 4. The van der Waals surface area contributed by atoms with Crippen molar-refractivity contribution in [3.05, 3.63) is 117 Å². The maximum atomic E-state index is 15.0. The van der Waals surface area contributed by atoms with E-state index in [9.17, 15) is 24.0 Å². The molecule has 0 heterocycles. The molecule has 0 saturated heterocycles. The van der Waals surface area contributed by atoms with E-state index in [4.69, 9.17) is 0 Å². The number of azo groups is 2. The molecule has 0 unspecified atom stereocenters. The number of nitrogens with zero attached hydrogens (tertiary/aromatic N) is 6. The number of nitro groups is 1. The van der Waals surface area contributed by atoms with Gasteiger partial charge in [0.25, 0.3) is 5.69 Å². The van der Waals surface area contributed by atoms with Gasteiger partial charge in [0.2, 0.25) is 0 Å². The van der Waals surface area contributed by atoms with Gasteiger partial charge in [-0.2, -0.15) is 46.8 Å². The predicted octanol–water partition coefficient (Wildman–Crippen LogP) is 11.3. The van der Waals surface area contributed by atoms with E-state index in [2.05, 4.69) is 20.5 Å². The predicted molar refractivity (Wildman–Crippen MR) is 179 cm³/mol. The minimum atomic E-state index is -5.68. The summed E-state index contributed by atoms with van der Waals surface area (Å²) in [6, 6.07) is 22.8. The number of thioether (sulfide) groups is 2. The molecule has 17 heteroatoms. The fourth-order valence-electron chi connectivity index (χ4n) is 4.58. The first-order valence-corrected chi connectivity index (χ1v) is 16.4. The third-order valence-electron chi connectivity index (χ3n) is 7.27. The van der Waals surface area contributed by atoms with Gasteiger partial charge in [-0.25, -0.2) is 0 Å². The van der Waals surface area contributed by atoms with Crippen LogP contribution in [0.15, 0.2) is 137 Å². The van der Waals surface area contributed by atoms with Crippen LogP contribution in [0.1, 0.15) is 6.92 Å². The van der Waals surface area contributed by atoms with Crippen LogP contribution in [-0.4, -0.2) is 47.5 Å². The van der Waals surface area contributed by atoms with Gasteiger partial charge >= 0.3 is 17.8 Å². The average molecular weight is 733 g/mol. The normalized spacial score (nSPS) is 16.4. The van der Waals surface area contributed by atoms with E-state index in [0.717, 1.165) is 5.69 Å². The molecule has 0 radical (unpaired) electrons. The lowest BCUT2D eigenvalue weighted by molar-refractivity contribution is -0.384. The zero-order valence-corrected chi connectivity index (χ0v) is 27.5. The second kappa shape index (κ2) is 15.0. The minimum absolute atomic E-state index is 0.000113. The molecule has 0 amide bonds. The Balaban J connectivity index is 1.32. The van der Waals surface area contributed by atoms with Crippen LogP contribution in [0.3, 0.4) is 0 Å². The molecule has 4 aromatic carbocycles. The van der Waals surface area contributed by atoms with Crippen molar-refractivity contribution in [1.82, 2.24) is 0 Å². The Morgan fingerprint density at radius 2 is 1.02 bits per heavy atom. The first kappa shape index (κ1) is 36.5. The van der Waals surface area contributed by atoms with E-state index in [1.165, 1.54) is 72.8 Å². The number of hydrogen-bond donors (Lipinski definition) is 1. The largest absolute Gasteiger partial charge is 0.395 e. The summed E-state index contributed by atoms with van der Waals surface area (Å²) in [5.41, 5.74) is 2.06. The van der Waals surface area contributed by atoms with E-state index in [0.29, 0.717) is 24.5 Å². The molecule has 1 aliphatic rings. The van der Waals surface area contributed by atoms with E-state index in [-0.39, 0.29) is 57.0 Å². The summed E-state index contributed by atoms with van der Waals surface area (Å²) in [4.78, 5) is 9.19. The van der Waals surface area contributed by atoms with Crippen LogP contribution in [0.25, 0.3) is 0 Å². The highest BCUT2D eigenvalue weighted by Crippen LogP contribution is 2.66. The number of non-ortho nitro benzene ring substituents is 1. The molecule has 0 aromatic heterocycles. The molecule has 1 N–H and O–H groups in total. The van der Waals surface area contributed by atoms with Gasteiger partial charge in [-0.3, -0.25) is 10.1 Å². The minimum Gasteiger partial charge on any atom is -0.395 e. The van der Waals surface area contributed by atoms with Gasteiger partial charge in [0.15, 0.2) is 0 Å². The van der Waals surface area contributed by atoms with Gasteiger partial charge in [-0.05, 0) is 91.9 Å². The van der Waals surface area contributed by atoms with E-state index < -0.39 is 32.5 Å². The SMILES string of the molecule is CCN(CCO)c1ccc(N=Nc2ccc(SC3=C(Sc4ccc(N=Nc5ccc([N+](=O)[O-])cc5)cc4)C(F)(F)C(F)(F)C3(F)F)cc2)cc1. The molecular weight excluding hydrogens is 707 g/mol. The van der Waals surface area contributed by atoms with Crippen LogP contribution in [-0.2, 0) is 0 Å². The maximum absolute atomic E-state index is 15.0. The molecule has 0 spiro atoms. The molecule has 50 heavy (non-hydrogen) atoms. The number of anilines is 1. The van der Waals surface area contributed by atoms with Crippen LogP contribution < -0.4 is 4.90 Å². The molecule has 0 saturated carbocycles. The quantitative estimate of drug-likeness (QED) is 0.0633. The van der Waals surface area contributed by atoms with Crippen molar-refractivity contribution in [2.75, 3.05) is 24.6 Å². The molecule has 1 aliphatic carbocycles. The number of nitro benzene ring substituents is 1. The van der Waals surface area contributed by atoms with Crippen molar-refractivity contribution in [3.63, 3.8) is 0 Å². The molecule has 260 valence electrons. The number of rotatable bonds is 13. The van der Waals surface area contributed by atoms with Crippen molar-refractivity contribution in [1.29, 1.82) is 0 Å². The lowest BCUT2D eigenvalue weighted by Gasteiger charge is -2.25. The van der Waals surface area contributed by atoms with Crippen LogP contribution >= 0.6 is 23.5 Å². The summed E-state index contributed by atoms with van der Waals surface area (Å²) in [6.07, 6.45) is 0. The lowest BCUT2D eigenvalue weighted by atomic mass is 10.2. The Morgan fingerprint density at radius 1 is 0.660 bits per heavy atom. The van der Waals surface area contributed by atoms with E-state index in [1.54, 1.807) is 12.1 Å². The summed E-state index contributed by atoms with van der Waals surface area (Å²) >= 11 is 0.211. The van der Waals surface area contributed by atoms with Gasteiger partial charge in [0.05, 0.1) is 44.1 Å². The Hall–Kier alpha value is -4.74. The zero-order valence-electron chi connectivity index (χ0n) is 25.9. The Morgan fingerprint density at radius 3 is 1.36 bits per heavy atom. The number of aliphatic hydroxyl groups is 1. The number of aliphatic hydroxyl groups excluding tert-OH is 1. The van der Waals surface area contributed by atoms with Gasteiger partial charge < -0.3 is 10.0 Å². The second-order valence-electron chi connectivity index (χ2n) is 10.6. The molecule has 9 nitrogen and oxygen atoms in total. The van der Waals surface area contributed by atoms with Gasteiger partial charge in [0.1, 0.15) is 0 Å². The van der Waals surface area contributed by atoms with Crippen LogP contribution in [0, 0.1) is 10.1 Å². The molecule has 0 aliphatic heterocycles. The first-order chi connectivity index (χ1) is 23.8. The molecule has 4 aromatic rings. The number of alkyl halides is 6. The molecule has 0 atom stereocenters. The van der Waals surface area contributed by atoms with E-state index in [1.807, 2.05) is 24.0 Å². The molecule has 5 rings (SSSR count). The third kappa shape index (κ3) is 7.69. The zero-order chi connectivity index (χ0) is 36.1. The second-order valence-corrected chi connectivity index (χ2v) is 12.7. The van der Waals surface area contributed by atoms with Crippen molar-refractivity contribution in [2.45, 2.75) is 34.5 Å². The van der Waals surface area contributed by atoms with Crippen LogP contribution in [0.2, 0.25) is 0 Å². The lowest BCUT2D eigenvalue weighted by Crippen LogP contribution is -2.48. The molecule has 0 fully saturated rings. The smallest absolute Gasteiger partial charge is 0.381 e. The van der Waals surface area contributed by atoms with Crippen molar-refractivity contribution < 1.29 is 36.4 Å². The van der Waals surface area contributed by atoms with Crippen LogP contribution in [0.5, 0.6) is 0 Å². The summed E-state index contributed by atoms with van der Waals surface area (Å²) in [6.45, 7) is 3.12. The number of allylic oxidation sites excluding steroid dienone is 2. The average Bonchev–Trinajstić information content (AvgIpc) is 3.20. The Bertz CT molecular complexity index is 1910. The maximum Gasteiger partial charge on any atom is 0.381 e. The van der Waals surface area contributed by atoms with Crippen LogP contribution in [0.4, 0.5) is 60.5 Å². The number of hydrogen-bond acceptors (Lipinski definition) is 10. The summed E-state index contributed by atoms with van der Waals surface area (Å²) in [7, 11) is 0. The fraction of sp³-hybridized carbons (Fsp3) is 0.212. The van der Waals surface area contributed by atoms with Gasteiger partial charge in [-0.1, -0.05) is 23.5 Å². The van der Waals surface area contributed by atoms with Crippen molar-refractivity contribution in [2.24, 2.45) is 20.5 Å². The van der Waals surface area contributed by atoms with Crippen molar-refractivity contribution in [3.8, 4) is 0 Å². The van der Waals surface area contributed by atoms with E-state index >= 15 is 17.6 Å². The Labute approximate surface area is 290 Å². The monoisotopic (exact) mass is 732 g/mol. The highest BCUT2D eigenvalue weighted by atomic mass is 32.2. The highest BCUT2D eigenvalue weighted by Gasteiger charge is 2.80. The summed E-state index contributed by atoms with van der Waals surface area (Å²) in [5.74, 6) is -16.0. The standard InChI is InChI=1S/C33H26F6N6O3S2/c1-2-44(19-20-46)25-11-3-21(4-12-25)40-42-23-7-15-27(16-8-23)49-29-30(32(36,37)33(38,39)31(29,34)35)50-28-17-9-24(10-18-28)43-41-22-5-13-26(14-6-22)45(47)48/h3-18,46H,2,19-20H2,1H3. The topological polar surface area (TPSA) is 116 Å². The number of halogens is 6. The highest BCUT2D eigenvalue weighted by molar-refractivity contribution is 8.07.